The molecule has 0 aliphatic carbocycles. The summed E-state index contributed by atoms with van der Waals surface area (Å²) in [6.45, 7) is 3.87. The van der Waals surface area contributed by atoms with E-state index in [1.807, 2.05) is 43.3 Å². The van der Waals surface area contributed by atoms with Crippen molar-refractivity contribution in [1.82, 2.24) is 0 Å². The lowest BCUT2D eigenvalue weighted by atomic mass is 10.2. The van der Waals surface area contributed by atoms with Crippen LogP contribution >= 0.6 is 0 Å². The van der Waals surface area contributed by atoms with Crippen LogP contribution in [-0.2, 0) is 14.3 Å². The van der Waals surface area contributed by atoms with Crippen molar-refractivity contribution in [3.05, 3.63) is 66.2 Å². The summed E-state index contributed by atoms with van der Waals surface area (Å²) in [5.41, 5.74) is 1.42. The van der Waals surface area contributed by atoms with Crippen LogP contribution in [0.4, 0.5) is 5.69 Å². The molecule has 1 unspecified atom stereocenters. The van der Waals surface area contributed by atoms with E-state index in [2.05, 4.69) is 5.32 Å². The Kier molecular flexibility index (Phi) is 6.77. The van der Waals surface area contributed by atoms with Gasteiger partial charge in [-0.15, -0.1) is 0 Å². The van der Waals surface area contributed by atoms with Crippen LogP contribution in [0.25, 0.3) is 6.08 Å². The first-order chi connectivity index (χ1) is 12.1. The minimum Gasteiger partial charge on any atom is -0.492 e. The third kappa shape index (κ3) is 5.80. The molecule has 0 aliphatic rings. The van der Waals surface area contributed by atoms with Gasteiger partial charge in [0.25, 0.3) is 5.91 Å². The molecule has 0 aliphatic heterocycles. The molecule has 2 rings (SSSR count). The van der Waals surface area contributed by atoms with Crippen molar-refractivity contribution in [2.24, 2.45) is 0 Å². The fourth-order valence-electron chi connectivity index (χ4n) is 2.08. The number of carbonyl (C=O) groups is 2. The maximum atomic E-state index is 12.2. The molecular formula is C20H21NO4. The summed E-state index contributed by atoms with van der Waals surface area (Å²) >= 11 is 0. The molecule has 5 heteroatoms. The standard InChI is InChI=1S/C20H21NO4/c1-3-24-18-12-8-7-11-17(18)21-20(23)15(2)25-19(22)14-13-16-9-5-4-6-10-16/h4-15H,3H2,1-2H3,(H,21,23)/b14-13+. The van der Waals surface area contributed by atoms with Gasteiger partial charge in [-0.2, -0.15) is 0 Å². The minimum atomic E-state index is -0.928. The van der Waals surface area contributed by atoms with E-state index in [0.717, 1.165) is 5.56 Å². The molecule has 0 spiro atoms. The van der Waals surface area contributed by atoms with Gasteiger partial charge in [0, 0.05) is 6.08 Å². The molecule has 1 amide bonds. The molecule has 0 bridgehead atoms. The molecule has 0 radical (unpaired) electrons. The fourth-order valence-corrected chi connectivity index (χ4v) is 2.08. The number of ether oxygens (including phenoxy) is 2. The zero-order valence-corrected chi connectivity index (χ0v) is 14.3. The Morgan fingerprint density at radius 2 is 1.76 bits per heavy atom. The van der Waals surface area contributed by atoms with E-state index in [9.17, 15) is 9.59 Å². The number of hydrogen-bond donors (Lipinski definition) is 1. The lowest BCUT2D eigenvalue weighted by Crippen LogP contribution is -2.29. The Labute approximate surface area is 147 Å². The van der Waals surface area contributed by atoms with Crippen molar-refractivity contribution in [3.8, 4) is 5.75 Å². The SMILES string of the molecule is CCOc1ccccc1NC(=O)C(C)OC(=O)/C=C/c1ccccc1. The molecule has 0 saturated heterocycles. The quantitative estimate of drug-likeness (QED) is 0.617. The molecule has 130 valence electrons. The van der Waals surface area contributed by atoms with Crippen LogP contribution in [0, 0.1) is 0 Å². The van der Waals surface area contributed by atoms with E-state index in [0.29, 0.717) is 18.0 Å². The summed E-state index contributed by atoms with van der Waals surface area (Å²) in [5.74, 6) is -0.431. The third-order valence-corrected chi connectivity index (χ3v) is 3.32. The minimum absolute atomic E-state index is 0.423. The number of rotatable bonds is 7. The summed E-state index contributed by atoms with van der Waals surface area (Å²) in [4.78, 5) is 24.1. The second kappa shape index (κ2) is 9.27. The lowest BCUT2D eigenvalue weighted by Gasteiger charge is -2.15. The fraction of sp³-hybridized carbons (Fsp3) is 0.200. The summed E-state index contributed by atoms with van der Waals surface area (Å²) in [5, 5.41) is 2.71. The number of benzene rings is 2. The van der Waals surface area contributed by atoms with Crippen LogP contribution in [0.2, 0.25) is 0 Å². The molecule has 0 heterocycles. The van der Waals surface area contributed by atoms with Crippen LogP contribution in [-0.4, -0.2) is 24.6 Å². The zero-order chi connectivity index (χ0) is 18.1. The van der Waals surface area contributed by atoms with Gasteiger partial charge in [-0.1, -0.05) is 42.5 Å². The molecule has 5 nitrogen and oxygen atoms in total. The largest absolute Gasteiger partial charge is 0.492 e. The highest BCUT2D eigenvalue weighted by Crippen LogP contribution is 2.23. The topological polar surface area (TPSA) is 64.6 Å². The molecule has 0 fully saturated rings. The summed E-state index contributed by atoms with van der Waals surface area (Å²) < 4.78 is 10.6. The van der Waals surface area contributed by atoms with Crippen molar-refractivity contribution in [2.45, 2.75) is 20.0 Å². The second-order valence-corrected chi connectivity index (χ2v) is 5.24. The zero-order valence-electron chi connectivity index (χ0n) is 14.3. The summed E-state index contributed by atoms with van der Waals surface area (Å²) in [6, 6.07) is 16.5. The highest BCUT2D eigenvalue weighted by atomic mass is 16.5. The van der Waals surface area contributed by atoms with Gasteiger partial charge < -0.3 is 14.8 Å². The highest BCUT2D eigenvalue weighted by Gasteiger charge is 2.18. The summed E-state index contributed by atoms with van der Waals surface area (Å²) in [7, 11) is 0. The van der Waals surface area contributed by atoms with Crippen LogP contribution in [0.15, 0.2) is 60.7 Å². The number of carbonyl (C=O) groups excluding carboxylic acids is 2. The van der Waals surface area contributed by atoms with E-state index in [1.165, 1.54) is 13.0 Å². The number of para-hydroxylation sites is 2. The average Bonchev–Trinajstić information content (AvgIpc) is 2.62. The lowest BCUT2D eigenvalue weighted by molar-refractivity contribution is -0.148. The molecule has 1 atom stereocenters. The Balaban J connectivity index is 1.92. The van der Waals surface area contributed by atoms with Crippen molar-refractivity contribution in [2.75, 3.05) is 11.9 Å². The smallest absolute Gasteiger partial charge is 0.331 e. The van der Waals surface area contributed by atoms with Gasteiger partial charge in [-0.05, 0) is 37.6 Å². The maximum Gasteiger partial charge on any atom is 0.331 e. The molecule has 2 aromatic carbocycles. The van der Waals surface area contributed by atoms with Crippen molar-refractivity contribution < 1.29 is 19.1 Å². The van der Waals surface area contributed by atoms with Crippen molar-refractivity contribution in [1.29, 1.82) is 0 Å². The normalized spacial score (nSPS) is 11.8. The number of nitrogens with one attached hydrogen (secondary N) is 1. The molecule has 0 saturated carbocycles. The Hall–Kier alpha value is -3.08. The Morgan fingerprint density at radius 1 is 1.08 bits per heavy atom. The molecule has 1 N–H and O–H groups in total. The monoisotopic (exact) mass is 339 g/mol. The van der Waals surface area contributed by atoms with Crippen LogP contribution < -0.4 is 10.1 Å². The van der Waals surface area contributed by atoms with Gasteiger partial charge in [0.1, 0.15) is 5.75 Å². The Bertz CT molecular complexity index is 740. The third-order valence-electron chi connectivity index (χ3n) is 3.32. The molecule has 25 heavy (non-hydrogen) atoms. The number of hydrogen-bond acceptors (Lipinski definition) is 4. The highest BCUT2D eigenvalue weighted by molar-refractivity contribution is 5.97. The average molecular weight is 339 g/mol. The maximum absolute atomic E-state index is 12.2. The second-order valence-electron chi connectivity index (χ2n) is 5.24. The number of anilines is 1. The van der Waals surface area contributed by atoms with E-state index < -0.39 is 18.0 Å². The molecule has 0 aromatic heterocycles. The molecule has 2 aromatic rings. The van der Waals surface area contributed by atoms with Gasteiger partial charge >= 0.3 is 5.97 Å². The van der Waals surface area contributed by atoms with E-state index in [1.54, 1.807) is 24.3 Å². The van der Waals surface area contributed by atoms with Crippen molar-refractivity contribution in [3.63, 3.8) is 0 Å². The summed E-state index contributed by atoms with van der Waals surface area (Å²) in [6.07, 6.45) is 2.01. The number of amides is 1. The first kappa shape index (κ1) is 18.3. The Morgan fingerprint density at radius 3 is 2.48 bits per heavy atom. The van der Waals surface area contributed by atoms with Gasteiger partial charge in [-0.3, -0.25) is 4.79 Å². The van der Waals surface area contributed by atoms with Crippen LogP contribution in [0.5, 0.6) is 5.75 Å². The number of esters is 1. The van der Waals surface area contributed by atoms with Gasteiger partial charge in [0.2, 0.25) is 0 Å². The van der Waals surface area contributed by atoms with Gasteiger partial charge in [0.15, 0.2) is 6.10 Å². The van der Waals surface area contributed by atoms with E-state index in [-0.39, 0.29) is 0 Å². The van der Waals surface area contributed by atoms with Crippen LogP contribution in [0.3, 0.4) is 0 Å². The van der Waals surface area contributed by atoms with E-state index >= 15 is 0 Å². The molecular weight excluding hydrogens is 318 g/mol. The van der Waals surface area contributed by atoms with Crippen molar-refractivity contribution >= 4 is 23.6 Å². The van der Waals surface area contributed by atoms with Gasteiger partial charge in [-0.25, -0.2) is 4.79 Å². The van der Waals surface area contributed by atoms with Crippen LogP contribution in [0.1, 0.15) is 19.4 Å². The van der Waals surface area contributed by atoms with E-state index in [4.69, 9.17) is 9.47 Å². The first-order valence-electron chi connectivity index (χ1n) is 8.06. The predicted octanol–water partition coefficient (Wildman–Crippen LogP) is 3.67. The first-order valence-corrected chi connectivity index (χ1v) is 8.06. The predicted molar refractivity (Wildman–Crippen MR) is 97.3 cm³/mol. The van der Waals surface area contributed by atoms with Gasteiger partial charge in [0.05, 0.1) is 12.3 Å².